The molecule has 2 N–H and O–H groups in total. The van der Waals surface area contributed by atoms with Gasteiger partial charge in [-0.1, -0.05) is 12.1 Å². The summed E-state index contributed by atoms with van der Waals surface area (Å²) < 4.78 is 5.71. The van der Waals surface area contributed by atoms with Gasteiger partial charge >= 0.3 is 0 Å². The van der Waals surface area contributed by atoms with Crippen LogP contribution >= 0.6 is 0 Å². The smallest absolute Gasteiger partial charge is 0.258 e. The second-order valence-corrected chi connectivity index (χ2v) is 6.50. The topological polar surface area (TPSA) is 79.4 Å². The Morgan fingerprint density at radius 1 is 1.19 bits per heavy atom. The molecule has 0 atom stereocenters. The van der Waals surface area contributed by atoms with Crippen LogP contribution in [-0.2, 0) is 0 Å². The van der Waals surface area contributed by atoms with Crippen molar-refractivity contribution in [2.24, 2.45) is 0 Å². The summed E-state index contributed by atoms with van der Waals surface area (Å²) in [5, 5.41) is 5.99. The van der Waals surface area contributed by atoms with Crippen LogP contribution in [-0.4, -0.2) is 54.1 Å². The van der Waals surface area contributed by atoms with Gasteiger partial charge in [-0.2, -0.15) is 0 Å². The summed E-state index contributed by atoms with van der Waals surface area (Å²) in [7, 11) is 4.07. The zero-order valence-electron chi connectivity index (χ0n) is 15.8. The molecule has 0 spiro atoms. The molecule has 0 aliphatic rings. The maximum absolute atomic E-state index is 12.4. The molecule has 0 saturated heterocycles. The molecule has 2 rings (SSSR count). The summed E-state index contributed by atoms with van der Waals surface area (Å²) in [6, 6.07) is 7.34. The Morgan fingerprint density at radius 3 is 2.54 bits per heavy atom. The Balaban J connectivity index is 1.94. The van der Waals surface area contributed by atoms with E-state index in [9.17, 15) is 4.79 Å². The summed E-state index contributed by atoms with van der Waals surface area (Å²) >= 11 is 0. The summed E-state index contributed by atoms with van der Waals surface area (Å²) in [5.41, 5.74) is 1.01. The molecule has 0 aliphatic heterocycles. The van der Waals surface area contributed by atoms with E-state index in [0.29, 0.717) is 22.9 Å². The second kappa shape index (κ2) is 9.72. The van der Waals surface area contributed by atoms with Crippen LogP contribution in [0.3, 0.4) is 0 Å². The quantitative estimate of drug-likeness (QED) is 0.672. The Labute approximate surface area is 154 Å². The minimum atomic E-state index is -0.274. The molecule has 0 bridgehead atoms. The van der Waals surface area contributed by atoms with Gasteiger partial charge in [0.2, 0.25) is 5.95 Å². The lowest BCUT2D eigenvalue weighted by Crippen LogP contribution is -2.17. The first kappa shape index (κ1) is 19.7. The number of carbonyl (C=O) groups excluding carboxylic acids is 1. The van der Waals surface area contributed by atoms with Crippen LogP contribution in [0.1, 0.15) is 30.6 Å². The lowest BCUT2D eigenvalue weighted by Gasteiger charge is -2.14. The third kappa shape index (κ3) is 6.33. The number of ether oxygens (including phenoxy) is 1. The van der Waals surface area contributed by atoms with Crippen molar-refractivity contribution >= 4 is 17.5 Å². The van der Waals surface area contributed by atoms with Gasteiger partial charge in [-0.15, -0.1) is 0 Å². The molecule has 140 valence electrons. The van der Waals surface area contributed by atoms with Gasteiger partial charge in [0, 0.05) is 18.9 Å². The monoisotopic (exact) mass is 357 g/mol. The molecular weight excluding hydrogens is 330 g/mol. The van der Waals surface area contributed by atoms with Crippen LogP contribution in [0.5, 0.6) is 5.75 Å². The maximum Gasteiger partial charge on any atom is 0.258 e. The molecule has 1 aromatic heterocycles. The van der Waals surface area contributed by atoms with E-state index in [-0.39, 0.29) is 12.0 Å². The van der Waals surface area contributed by atoms with Crippen LogP contribution < -0.4 is 15.4 Å². The van der Waals surface area contributed by atoms with E-state index in [0.717, 1.165) is 19.5 Å². The fourth-order valence-electron chi connectivity index (χ4n) is 2.25. The molecule has 1 amide bonds. The van der Waals surface area contributed by atoms with Crippen molar-refractivity contribution in [1.29, 1.82) is 0 Å². The maximum atomic E-state index is 12.4. The fraction of sp³-hybridized carbons (Fsp3) is 0.421. The van der Waals surface area contributed by atoms with E-state index < -0.39 is 0 Å². The van der Waals surface area contributed by atoms with Crippen molar-refractivity contribution in [2.45, 2.75) is 26.4 Å². The van der Waals surface area contributed by atoms with Gasteiger partial charge in [-0.25, -0.2) is 9.97 Å². The molecule has 1 heterocycles. The van der Waals surface area contributed by atoms with E-state index >= 15 is 0 Å². The van der Waals surface area contributed by atoms with Crippen molar-refractivity contribution in [1.82, 2.24) is 14.9 Å². The normalized spacial score (nSPS) is 10.8. The highest BCUT2D eigenvalue weighted by Gasteiger charge is 2.11. The van der Waals surface area contributed by atoms with Crippen LogP contribution in [0.25, 0.3) is 0 Å². The van der Waals surface area contributed by atoms with Crippen molar-refractivity contribution < 1.29 is 9.53 Å². The average molecular weight is 357 g/mol. The Kier molecular flexibility index (Phi) is 7.35. The number of nitrogens with one attached hydrogen (secondary N) is 2. The number of benzene rings is 1. The number of hydrogen-bond acceptors (Lipinski definition) is 6. The first-order valence-corrected chi connectivity index (χ1v) is 8.73. The summed E-state index contributed by atoms with van der Waals surface area (Å²) in [4.78, 5) is 22.9. The van der Waals surface area contributed by atoms with Crippen LogP contribution in [0.15, 0.2) is 36.7 Å². The molecule has 0 saturated carbocycles. The highest BCUT2D eigenvalue weighted by atomic mass is 16.5. The molecule has 26 heavy (non-hydrogen) atoms. The van der Waals surface area contributed by atoms with Gasteiger partial charge in [-0.05, 0) is 53.0 Å². The highest BCUT2D eigenvalue weighted by molar-refractivity contribution is 6.04. The van der Waals surface area contributed by atoms with Crippen LogP contribution in [0, 0.1) is 0 Å². The standard InChI is InChI=1S/C19H27N5O2/c1-14(2)26-17-9-6-5-8-16(17)23-18(25)15-12-21-19(22-13-15)20-10-7-11-24(3)4/h5-6,8-9,12-14H,7,10-11H2,1-4H3,(H,23,25)(H,20,21,22). The summed E-state index contributed by atoms with van der Waals surface area (Å²) in [6.45, 7) is 5.66. The number of hydrogen-bond donors (Lipinski definition) is 2. The molecule has 0 aliphatic carbocycles. The van der Waals surface area contributed by atoms with Gasteiger partial charge in [0.05, 0.1) is 17.4 Å². The minimum Gasteiger partial charge on any atom is -0.489 e. The number of carbonyl (C=O) groups is 1. The number of rotatable bonds is 9. The number of amides is 1. The third-order valence-corrected chi connectivity index (χ3v) is 3.48. The summed E-state index contributed by atoms with van der Waals surface area (Å²) in [6.07, 6.45) is 4.05. The number of nitrogens with zero attached hydrogens (tertiary/aromatic N) is 3. The van der Waals surface area contributed by atoms with E-state index in [4.69, 9.17) is 4.74 Å². The average Bonchev–Trinajstić information content (AvgIpc) is 2.60. The van der Waals surface area contributed by atoms with Crippen molar-refractivity contribution in [2.75, 3.05) is 37.8 Å². The Morgan fingerprint density at radius 2 is 1.88 bits per heavy atom. The van der Waals surface area contributed by atoms with Crippen molar-refractivity contribution in [3.63, 3.8) is 0 Å². The lowest BCUT2D eigenvalue weighted by molar-refractivity contribution is 0.102. The fourth-order valence-corrected chi connectivity index (χ4v) is 2.25. The van der Waals surface area contributed by atoms with Gasteiger partial charge in [0.1, 0.15) is 5.75 Å². The predicted octanol–water partition coefficient (Wildman–Crippen LogP) is 2.88. The lowest BCUT2D eigenvalue weighted by atomic mass is 10.2. The molecule has 2 aromatic rings. The Hall–Kier alpha value is -2.67. The largest absolute Gasteiger partial charge is 0.489 e. The highest BCUT2D eigenvalue weighted by Crippen LogP contribution is 2.25. The molecule has 1 aromatic carbocycles. The SMILES string of the molecule is CC(C)Oc1ccccc1NC(=O)c1cnc(NCCCN(C)C)nc1. The molecule has 7 nitrogen and oxygen atoms in total. The summed E-state index contributed by atoms with van der Waals surface area (Å²) in [5.74, 6) is 0.878. The van der Waals surface area contributed by atoms with Crippen LogP contribution in [0.4, 0.5) is 11.6 Å². The second-order valence-electron chi connectivity index (χ2n) is 6.50. The van der Waals surface area contributed by atoms with Crippen molar-refractivity contribution in [3.05, 3.63) is 42.2 Å². The third-order valence-electron chi connectivity index (χ3n) is 3.48. The first-order valence-electron chi connectivity index (χ1n) is 8.73. The molecule has 0 radical (unpaired) electrons. The van der Waals surface area contributed by atoms with Gasteiger partial charge in [0.15, 0.2) is 0 Å². The molecule has 0 unspecified atom stereocenters. The van der Waals surface area contributed by atoms with E-state index in [2.05, 4.69) is 25.5 Å². The van der Waals surface area contributed by atoms with E-state index in [1.807, 2.05) is 46.1 Å². The van der Waals surface area contributed by atoms with E-state index in [1.54, 1.807) is 6.07 Å². The first-order chi connectivity index (χ1) is 12.5. The van der Waals surface area contributed by atoms with Gasteiger partial charge in [0.25, 0.3) is 5.91 Å². The molecular formula is C19H27N5O2. The predicted molar refractivity (Wildman–Crippen MR) is 104 cm³/mol. The van der Waals surface area contributed by atoms with E-state index in [1.165, 1.54) is 12.4 Å². The number of anilines is 2. The van der Waals surface area contributed by atoms with Crippen molar-refractivity contribution in [3.8, 4) is 5.75 Å². The minimum absolute atomic E-state index is 0.0224. The number of aromatic nitrogens is 2. The van der Waals surface area contributed by atoms with Gasteiger partial charge in [-0.3, -0.25) is 4.79 Å². The number of para-hydroxylation sites is 2. The molecule has 0 fully saturated rings. The molecule has 7 heteroatoms. The van der Waals surface area contributed by atoms with Crippen LogP contribution in [0.2, 0.25) is 0 Å². The van der Waals surface area contributed by atoms with Gasteiger partial charge < -0.3 is 20.3 Å². The zero-order valence-corrected chi connectivity index (χ0v) is 15.8. The zero-order chi connectivity index (χ0) is 18.9. The Bertz CT molecular complexity index is 701.